The number of benzene rings is 2. The molecule has 1 aromatic heterocycles. The van der Waals surface area contributed by atoms with Crippen molar-refractivity contribution >= 4 is 45.6 Å². The average Bonchev–Trinajstić information content (AvgIpc) is 3.03. The van der Waals surface area contributed by atoms with Crippen LogP contribution in [0, 0.1) is 0 Å². The van der Waals surface area contributed by atoms with Crippen molar-refractivity contribution in [2.24, 2.45) is 0 Å². The minimum Gasteiger partial charge on any atom is -0.493 e. The van der Waals surface area contributed by atoms with E-state index in [9.17, 15) is 4.79 Å². The Hall–Kier alpha value is -2.15. The summed E-state index contributed by atoms with van der Waals surface area (Å²) >= 11 is 13.3. The van der Waals surface area contributed by atoms with Crippen LogP contribution in [0.3, 0.4) is 0 Å². The highest BCUT2D eigenvalue weighted by molar-refractivity contribution is 7.18. The lowest BCUT2D eigenvalue weighted by molar-refractivity contribution is 0.102. The van der Waals surface area contributed by atoms with E-state index < -0.39 is 0 Å². The van der Waals surface area contributed by atoms with Gasteiger partial charge in [0.2, 0.25) is 5.13 Å². The maximum Gasteiger partial charge on any atom is 0.261 e. The first-order valence-electron chi connectivity index (χ1n) is 7.40. The van der Waals surface area contributed by atoms with Gasteiger partial charge in [0.15, 0.2) is 5.01 Å². The lowest BCUT2D eigenvalue weighted by atomic mass is 10.2. The highest BCUT2D eigenvalue weighted by atomic mass is 35.5. The van der Waals surface area contributed by atoms with Gasteiger partial charge in [-0.1, -0.05) is 46.7 Å². The molecule has 0 aliphatic rings. The number of aromatic nitrogens is 2. The molecule has 1 amide bonds. The topological polar surface area (TPSA) is 64.1 Å². The number of halogens is 2. The third-order valence-electron chi connectivity index (χ3n) is 3.24. The van der Waals surface area contributed by atoms with E-state index in [1.165, 1.54) is 11.3 Å². The van der Waals surface area contributed by atoms with Crippen LogP contribution in [0.15, 0.2) is 42.5 Å². The molecule has 3 aromatic rings. The van der Waals surface area contributed by atoms with Crippen LogP contribution in [0.4, 0.5) is 5.13 Å². The van der Waals surface area contributed by atoms with E-state index in [0.29, 0.717) is 43.7 Å². The van der Waals surface area contributed by atoms with E-state index in [2.05, 4.69) is 15.5 Å². The molecule has 8 heteroatoms. The van der Waals surface area contributed by atoms with Crippen molar-refractivity contribution in [2.75, 3.05) is 11.9 Å². The van der Waals surface area contributed by atoms with Gasteiger partial charge in [0, 0.05) is 10.6 Å². The summed E-state index contributed by atoms with van der Waals surface area (Å²) in [6.07, 6.45) is 0. The minimum absolute atomic E-state index is 0.311. The summed E-state index contributed by atoms with van der Waals surface area (Å²) in [5, 5.41) is 12.8. The van der Waals surface area contributed by atoms with Gasteiger partial charge in [0.05, 0.1) is 17.2 Å². The standard InChI is InChI=1S/C17H13Cl2N3O2S/c1-2-24-14-6-4-3-5-12(14)15(23)20-17-22-21-16(25-17)11-8-7-10(18)9-13(11)19/h3-9H,2H2,1H3,(H,20,22,23). The lowest BCUT2D eigenvalue weighted by Crippen LogP contribution is -2.13. The summed E-state index contributed by atoms with van der Waals surface area (Å²) < 4.78 is 5.47. The molecule has 3 rings (SSSR count). The first-order chi connectivity index (χ1) is 12.1. The zero-order valence-electron chi connectivity index (χ0n) is 13.1. The summed E-state index contributed by atoms with van der Waals surface area (Å²) in [4.78, 5) is 12.5. The fourth-order valence-electron chi connectivity index (χ4n) is 2.15. The molecular formula is C17H13Cl2N3O2S. The van der Waals surface area contributed by atoms with Crippen LogP contribution >= 0.6 is 34.5 Å². The van der Waals surface area contributed by atoms with Gasteiger partial charge in [-0.3, -0.25) is 10.1 Å². The molecule has 0 spiro atoms. The molecule has 1 N–H and O–H groups in total. The minimum atomic E-state index is -0.311. The number of para-hydroxylation sites is 1. The highest BCUT2D eigenvalue weighted by Gasteiger charge is 2.16. The normalized spacial score (nSPS) is 10.5. The number of amides is 1. The number of carbonyl (C=O) groups is 1. The van der Waals surface area contributed by atoms with Crippen LogP contribution in [0.1, 0.15) is 17.3 Å². The van der Waals surface area contributed by atoms with Gasteiger partial charge in [0.1, 0.15) is 5.75 Å². The van der Waals surface area contributed by atoms with Crippen molar-refractivity contribution < 1.29 is 9.53 Å². The quantitative estimate of drug-likeness (QED) is 0.649. The second kappa shape index (κ2) is 7.82. The van der Waals surface area contributed by atoms with Crippen LogP contribution in [0.5, 0.6) is 5.75 Å². The Bertz CT molecular complexity index is 914. The van der Waals surface area contributed by atoms with Crippen molar-refractivity contribution in [3.8, 4) is 16.3 Å². The van der Waals surface area contributed by atoms with Gasteiger partial charge in [0.25, 0.3) is 5.91 Å². The Morgan fingerprint density at radius 1 is 1.20 bits per heavy atom. The number of carbonyl (C=O) groups excluding carboxylic acids is 1. The molecular weight excluding hydrogens is 381 g/mol. The summed E-state index contributed by atoms with van der Waals surface area (Å²) in [6, 6.07) is 12.2. The number of rotatable bonds is 5. The fourth-order valence-corrected chi connectivity index (χ4v) is 3.48. The Balaban J connectivity index is 1.81. The van der Waals surface area contributed by atoms with Gasteiger partial charge in [-0.15, -0.1) is 10.2 Å². The highest BCUT2D eigenvalue weighted by Crippen LogP contribution is 2.33. The zero-order chi connectivity index (χ0) is 17.8. The first-order valence-corrected chi connectivity index (χ1v) is 8.98. The maximum atomic E-state index is 12.5. The Morgan fingerprint density at radius 2 is 2.00 bits per heavy atom. The Kier molecular flexibility index (Phi) is 5.53. The van der Waals surface area contributed by atoms with Gasteiger partial charge >= 0.3 is 0 Å². The second-order valence-electron chi connectivity index (χ2n) is 4.92. The molecule has 0 aliphatic carbocycles. The largest absolute Gasteiger partial charge is 0.493 e. The number of hydrogen-bond donors (Lipinski definition) is 1. The maximum absolute atomic E-state index is 12.5. The molecule has 0 atom stereocenters. The Morgan fingerprint density at radius 3 is 2.76 bits per heavy atom. The smallest absolute Gasteiger partial charge is 0.261 e. The average molecular weight is 394 g/mol. The summed E-state index contributed by atoms with van der Waals surface area (Å²) in [6.45, 7) is 2.34. The van der Waals surface area contributed by atoms with Crippen LogP contribution in [-0.2, 0) is 0 Å². The third kappa shape index (κ3) is 4.10. The van der Waals surface area contributed by atoms with Crippen LogP contribution in [0.25, 0.3) is 10.6 Å². The molecule has 0 aliphatic heterocycles. The number of nitrogens with zero attached hydrogens (tertiary/aromatic N) is 2. The van der Waals surface area contributed by atoms with E-state index in [-0.39, 0.29) is 5.91 Å². The monoisotopic (exact) mass is 393 g/mol. The van der Waals surface area contributed by atoms with Gasteiger partial charge in [-0.05, 0) is 37.3 Å². The molecule has 2 aromatic carbocycles. The molecule has 25 heavy (non-hydrogen) atoms. The lowest BCUT2D eigenvalue weighted by Gasteiger charge is -2.08. The van der Waals surface area contributed by atoms with Crippen LogP contribution in [0.2, 0.25) is 10.0 Å². The van der Waals surface area contributed by atoms with Crippen molar-refractivity contribution in [3.63, 3.8) is 0 Å². The zero-order valence-corrected chi connectivity index (χ0v) is 15.5. The van der Waals surface area contributed by atoms with Crippen molar-refractivity contribution in [1.82, 2.24) is 10.2 Å². The van der Waals surface area contributed by atoms with E-state index >= 15 is 0 Å². The van der Waals surface area contributed by atoms with E-state index in [1.54, 1.807) is 36.4 Å². The van der Waals surface area contributed by atoms with Gasteiger partial charge in [-0.2, -0.15) is 0 Å². The fraction of sp³-hybridized carbons (Fsp3) is 0.118. The van der Waals surface area contributed by atoms with Gasteiger partial charge in [-0.25, -0.2) is 0 Å². The third-order valence-corrected chi connectivity index (χ3v) is 4.66. The molecule has 5 nitrogen and oxygen atoms in total. The van der Waals surface area contributed by atoms with Gasteiger partial charge < -0.3 is 4.74 Å². The van der Waals surface area contributed by atoms with Crippen molar-refractivity contribution in [3.05, 3.63) is 58.1 Å². The SMILES string of the molecule is CCOc1ccccc1C(=O)Nc1nnc(-c2ccc(Cl)cc2Cl)s1. The predicted octanol–water partition coefficient (Wildman–Crippen LogP) is 5.16. The first kappa shape index (κ1) is 17.7. The Labute approximate surface area is 158 Å². The van der Waals surface area contributed by atoms with E-state index in [4.69, 9.17) is 27.9 Å². The van der Waals surface area contributed by atoms with Crippen LogP contribution in [-0.4, -0.2) is 22.7 Å². The van der Waals surface area contributed by atoms with E-state index in [1.807, 2.05) is 13.0 Å². The molecule has 0 fully saturated rings. The molecule has 0 saturated heterocycles. The summed E-state index contributed by atoms with van der Waals surface area (Å²) in [7, 11) is 0. The van der Waals surface area contributed by atoms with E-state index in [0.717, 1.165) is 0 Å². The number of nitrogens with one attached hydrogen (secondary N) is 1. The molecule has 0 unspecified atom stereocenters. The second-order valence-corrected chi connectivity index (χ2v) is 6.74. The molecule has 0 saturated carbocycles. The van der Waals surface area contributed by atoms with Crippen molar-refractivity contribution in [2.45, 2.75) is 6.92 Å². The molecule has 0 radical (unpaired) electrons. The predicted molar refractivity (Wildman–Crippen MR) is 101 cm³/mol. The molecule has 1 heterocycles. The molecule has 128 valence electrons. The van der Waals surface area contributed by atoms with Crippen LogP contribution < -0.4 is 10.1 Å². The van der Waals surface area contributed by atoms with Crippen molar-refractivity contribution in [1.29, 1.82) is 0 Å². The summed E-state index contributed by atoms with van der Waals surface area (Å²) in [5.41, 5.74) is 1.14. The molecule has 0 bridgehead atoms. The summed E-state index contributed by atoms with van der Waals surface area (Å²) in [5.74, 6) is 0.210. The number of anilines is 1. The number of hydrogen-bond acceptors (Lipinski definition) is 5. The number of ether oxygens (including phenoxy) is 1.